The topological polar surface area (TPSA) is 64.0 Å². The molecule has 2 heterocycles. The molecule has 1 aliphatic carbocycles. The Labute approximate surface area is 151 Å². The summed E-state index contributed by atoms with van der Waals surface area (Å²) in [6, 6.07) is 2.88. The van der Waals surface area contributed by atoms with Gasteiger partial charge in [0.1, 0.15) is 23.0 Å². The minimum atomic E-state index is -0.869. The van der Waals surface area contributed by atoms with Crippen LogP contribution >= 0.6 is 11.3 Å². The molecule has 1 aromatic carbocycles. The number of anilines is 1. The summed E-state index contributed by atoms with van der Waals surface area (Å²) in [5.41, 5.74) is 0.656. The molecule has 0 aliphatic heterocycles. The highest BCUT2D eigenvalue weighted by Crippen LogP contribution is 2.33. The summed E-state index contributed by atoms with van der Waals surface area (Å²) in [4.78, 5) is 31.2. The number of benzene rings is 1. The van der Waals surface area contributed by atoms with E-state index in [9.17, 15) is 18.4 Å². The van der Waals surface area contributed by atoms with Gasteiger partial charge in [-0.05, 0) is 43.4 Å². The van der Waals surface area contributed by atoms with Gasteiger partial charge >= 0.3 is 0 Å². The van der Waals surface area contributed by atoms with Crippen LogP contribution < -0.4 is 10.9 Å². The molecule has 8 heteroatoms. The summed E-state index contributed by atoms with van der Waals surface area (Å²) in [6.07, 6.45) is 5.30. The summed E-state index contributed by atoms with van der Waals surface area (Å²) in [6.45, 7) is -0.288. The minimum absolute atomic E-state index is 0.133. The minimum Gasteiger partial charge on any atom is -0.322 e. The zero-order valence-electron chi connectivity index (χ0n) is 13.7. The highest BCUT2D eigenvalue weighted by atomic mass is 32.1. The molecule has 2 aromatic heterocycles. The van der Waals surface area contributed by atoms with E-state index in [0.29, 0.717) is 16.3 Å². The Balaban J connectivity index is 1.61. The van der Waals surface area contributed by atoms with Crippen molar-refractivity contribution < 1.29 is 13.6 Å². The molecule has 134 valence electrons. The maximum absolute atomic E-state index is 13.6. The summed E-state index contributed by atoms with van der Waals surface area (Å²) in [5, 5.41) is 2.94. The van der Waals surface area contributed by atoms with Crippen molar-refractivity contribution in [3.63, 3.8) is 0 Å². The molecule has 26 heavy (non-hydrogen) atoms. The van der Waals surface area contributed by atoms with Crippen LogP contribution in [0.4, 0.5) is 14.5 Å². The van der Waals surface area contributed by atoms with E-state index >= 15 is 0 Å². The molecule has 4 rings (SSSR count). The van der Waals surface area contributed by atoms with Gasteiger partial charge in [0.25, 0.3) is 5.56 Å². The number of thiophene rings is 1. The van der Waals surface area contributed by atoms with Crippen molar-refractivity contribution >= 4 is 33.1 Å². The smallest absolute Gasteiger partial charge is 0.262 e. The fourth-order valence-electron chi connectivity index (χ4n) is 3.23. The van der Waals surface area contributed by atoms with Crippen LogP contribution in [0, 0.1) is 11.6 Å². The van der Waals surface area contributed by atoms with Crippen molar-refractivity contribution in [1.29, 1.82) is 0 Å². The zero-order valence-corrected chi connectivity index (χ0v) is 14.5. The monoisotopic (exact) mass is 375 g/mol. The molecular formula is C18H15F2N3O2S. The third kappa shape index (κ3) is 3.01. The largest absolute Gasteiger partial charge is 0.322 e. The van der Waals surface area contributed by atoms with E-state index < -0.39 is 17.5 Å². The first-order chi connectivity index (χ1) is 12.5. The molecule has 3 aromatic rings. The Morgan fingerprint density at radius 1 is 1.27 bits per heavy atom. The van der Waals surface area contributed by atoms with Crippen LogP contribution in [0.15, 0.2) is 29.3 Å². The van der Waals surface area contributed by atoms with Gasteiger partial charge in [0.2, 0.25) is 5.91 Å². The van der Waals surface area contributed by atoms with E-state index in [1.54, 1.807) is 0 Å². The van der Waals surface area contributed by atoms with Crippen LogP contribution in [0.5, 0.6) is 0 Å². The zero-order chi connectivity index (χ0) is 18.3. The van der Waals surface area contributed by atoms with E-state index in [0.717, 1.165) is 43.4 Å². The van der Waals surface area contributed by atoms with Crippen LogP contribution in [0.25, 0.3) is 10.2 Å². The number of carbonyl (C=O) groups is 1. The number of hydrogen-bond donors (Lipinski definition) is 1. The lowest BCUT2D eigenvalue weighted by molar-refractivity contribution is -0.116. The first kappa shape index (κ1) is 16.8. The molecule has 1 amide bonds. The highest BCUT2D eigenvalue weighted by molar-refractivity contribution is 7.18. The summed E-state index contributed by atoms with van der Waals surface area (Å²) in [7, 11) is 0. The SMILES string of the molecule is O=C(Cn1cnc2sc3c(c2c1=O)CCCC3)Nc1ccc(F)cc1F. The van der Waals surface area contributed by atoms with Crippen molar-refractivity contribution in [2.45, 2.75) is 32.2 Å². The molecule has 0 atom stereocenters. The first-order valence-electron chi connectivity index (χ1n) is 8.27. The Bertz CT molecular complexity index is 1070. The first-order valence-corrected chi connectivity index (χ1v) is 9.09. The number of aryl methyl sites for hydroxylation is 2. The van der Waals surface area contributed by atoms with Gasteiger partial charge in [0.15, 0.2) is 0 Å². The van der Waals surface area contributed by atoms with Gasteiger partial charge in [-0.1, -0.05) is 0 Å². The number of carbonyl (C=O) groups excluding carboxylic acids is 1. The quantitative estimate of drug-likeness (QED) is 0.764. The summed E-state index contributed by atoms with van der Waals surface area (Å²) in [5.74, 6) is -2.18. The van der Waals surface area contributed by atoms with Gasteiger partial charge in [-0.25, -0.2) is 13.8 Å². The maximum Gasteiger partial charge on any atom is 0.262 e. The van der Waals surface area contributed by atoms with E-state index in [-0.39, 0.29) is 17.8 Å². The lowest BCUT2D eigenvalue weighted by Crippen LogP contribution is -2.28. The number of aromatic nitrogens is 2. The van der Waals surface area contributed by atoms with Gasteiger partial charge in [-0.2, -0.15) is 0 Å². The van der Waals surface area contributed by atoms with Gasteiger partial charge < -0.3 is 5.32 Å². The molecule has 0 spiro atoms. The predicted octanol–water partition coefficient (Wildman–Crippen LogP) is 3.25. The maximum atomic E-state index is 13.6. The molecule has 0 bridgehead atoms. The van der Waals surface area contributed by atoms with E-state index in [2.05, 4.69) is 10.3 Å². The van der Waals surface area contributed by atoms with Crippen LogP contribution in [-0.4, -0.2) is 15.5 Å². The molecule has 0 fully saturated rings. The normalized spacial score (nSPS) is 13.6. The van der Waals surface area contributed by atoms with E-state index in [1.165, 1.54) is 27.1 Å². The van der Waals surface area contributed by atoms with Crippen LogP contribution in [-0.2, 0) is 24.2 Å². The Kier molecular flexibility index (Phi) is 4.28. The predicted molar refractivity (Wildman–Crippen MR) is 95.5 cm³/mol. The molecule has 0 unspecified atom stereocenters. The number of rotatable bonds is 3. The third-order valence-electron chi connectivity index (χ3n) is 4.46. The highest BCUT2D eigenvalue weighted by Gasteiger charge is 2.20. The number of amides is 1. The van der Waals surface area contributed by atoms with E-state index in [4.69, 9.17) is 0 Å². The molecule has 0 saturated heterocycles. The third-order valence-corrected chi connectivity index (χ3v) is 5.66. The van der Waals surface area contributed by atoms with Crippen molar-refractivity contribution in [2.24, 2.45) is 0 Å². The Morgan fingerprint density at radius 2 is 2.08 bits per heavy atom. The van der Waals surface area contributed by atoms with Crippen molar-refractivity contribution in [1.82, 2.24) is 9.55 Å². The molecule has 0 radical (unpaired) electrons. The van der Waals surface area contributed by atoms with Crippen molar-refractivity contribution in [3.8, 4) is 0 Å². The average Bonchev–Trinajstić information content (AvgIpc) is 2.99. The standard InChI is InChI=1S/C18H15F2N3O2S/c19-10-5-6-13(12(20)7-10)22-15(24)8-23-9-21-17-16(18(23)25)11-3-1-2-4-14(11)26-17/h5-7,9H,1-4,8H2,(H,22,24). The Morgan fingerprint density at radius 3 is 2.88 bits per heavy atom. The van der Waals surface area contributed by atoms with Crippen molar-refractivity contribution in [3.05, 3.63) is 57.0 Å². The number of hydrogen-bond acceptors (Lipinski definition) is 4. The van der Waals surface area contributed by atoms with Crippen LogP contribution in [0.3, 0.4) is 0 Å². The number of halogens is 2. The summed E-state index contributed by atoms with van der Waals surface area (Å²) < 4.78 is 27.8. The molecule has 0 saturated carbocycles. The van der Waals surface area contributed by atoms with Gasteiger partial charge in [-0.15, -0.1) is 11.3 Å². The number of nitrogens with one attached hydrogen (secondary N) is 1. The second-order valence-electron chi connectivity index (χ2n) is 6.24. The van der Waals surface area contributed by atoms with Gasteiger partial charge in [0.05, 0.1) is 17.4 Å². The molecular weight excluding hydrogens is 360 g/mol. The second kappa shape index (κ2) is 6.60. The Hall–Kier alpha value is -2.61. The molecule has 1 N–H and O–H groups in total. The molecule has 5 nitrogen and oxygen atoms in total. The average molecular weight is 375 g/mol. The van der Waals surface area contributed by atoms with Gasteiger partial charge in [-0.3, -0.25) is 14.2 Å². The van der Waals surface area contributed by atoms with E-state index in [1.807, 2.05) is 0 Å². The number of nitrogens with zero attached hydrogens (tertiary/aromatic N) is 2. The fourth-order valence-corrected chi connectivity index (χ4v) is 4.45. The second-order valence-corrected chi connectivity index (χ2v) is 7.32. The van der Waals surface area contributed by atoms with Crippen LogP contribution in [0.1, 0.15) is 23.3 Å². The fraction of sp³-hybridized carbons (Fsp3) is 0.278. The lowest BCUT2D eigenvalue weighted by atomic mass is 9.97. The van der Waals surface area contributed by atoms with Crippen LogP contribution in [0.2, 0.25) is 0 Å². The lowest BCUT2D eigenvalue weighted by Gasteiger charge is -2.11. The van der Waals surface area contributed by atoms with Gasteiger partial charge in [0, 0.05) is 10.9 Å². The summed E-state index contributed by atoms with van der Waals surface area (Å²) >= 11 is 1.54. The van der Waals surface area contributed by atoms with Crippen molar-refractivity contribution in [2.75, 3.05) is 5.32 Å². The molecule has 1 aliphatic rings. The number of fused-ring (bicyclic) bond motifs is 3.